The Hall–Kier alpha value is -0.720. The van der Waals surface area contributed by atoms with Crippen molar-refractivity contribution in [2.75, 3.05) is 0 Å². The van der Waals surface area contributed by atoms with Gasteiger partial charge in [0.2, 0.25) is 0 Å². The van der Waals surface area contributed by atoms with Crippen LogP contribution in [0.3, 0.4) is 0 Å². The molecule has 0 aliphatic heterocycles. The van der Waals surface area contributed by atoms with E-state index in [0.717, 1.165) is 12.1 Å². The molecule has 1 rings (SSSR count). The second-order valence-electron chi connectivity index (χ2n) is 1.78. The van der Waals surface area contributed by atoms with Gasteiger partial charge in [0, 0.05) is 5.70 Å². The normalized spacial score (nSPS) is 19.0. The van der Waals surface area contributed by atoms with Crippen molar-refractivity contribution >= 4 is 0 Å². The zero-order chi connectivity index (χ0) is 5.28. The van der Waals surface area contributed by atoms with Gasteiger partial charge in [-0.25, -0.2) is 0 Å². The summed E-state index contributed by atoms with van der Waals surface area (Å²) in [6.45, 7) is 2.03. The van der Waals surface area contributed by atoms with E-state index in [1.807, 2.05) is 13.0 Å². The van der Waals surface area contributed by atoms with Gasteiger partial charge >= 0.3 is 0 Å². The van der Waals surface area contributed by atoms with Gasteiger partial charge in [-0.05, 0) is 18.9 Å². The molecule has 0 unspecified atom stereocenters. The molecule has 0 fully saturated rings. The molecule has 1 nitrogen and oxygen atoms in total. The Morgan fingerprint density at radius 1 is 1.57 bits per heavy atom. The molecule has 0 aromatic rings. The van der Waals surface area contributed by atoms with E-state index < -0.39 is 0 Å². The number of hydrogen-bond acceptors (Lipinski definition) is 1. The molecule has 1 heteroatoms. The second-order valence-corrected chi connectivity index (χ2v) is 1.78. The van der Waals surface area contributed by atoms with Crippen LogP contribution in [-0.2, 0) is 0 Å². The highest BCUT2D eigenvalue weighted by molar-refractivity contribution is 5.32. The molecule has 0 bridgehead atoms. The van der Waals surface area contributed by atoms with E-state index >= 15 is 0 Å². The van der Waals surface area contributed by atoms with Crippen LogP contribution in [0.4, 0.5) is 0 Å². The van der Waals surface area contributed by atoms with Crippen molar-refractivity contribution in [3.63, 3.8) is 0 Å². The van der Waals surface area contributed by atoms with Crippen LogP contribution in [0.25, 0.3) is 0 Å². The van der Waals surface area contributed by atoms with Crippen molar-refractivity contribution in [1.29, 1.82) is 0 Å². The average Bonchev–Trinajstić information content (AvgIpc) is 1.91. The SMILES string of the molecule is CC1=CCC=C1N. The minimum atomic E-state index is 0.944. The Morgan fingerprint density at radius 2 is 2.29 bits per heavy atom. The first-order valence-electron chi connectivity index (χ1n) is 2.43. The third kappa shape index (κ3) is 0.660. The van der Waals surface area contributed by atoms with E-state index in [0.29, 0.717) is 0 Å². The number of nitrogens with two attached hydrogens (primary N) is 1. The summed E-state index contributed by atoms with van der Waals surface area (Å²) in [5.74, 6) is 0. The van der Waals surface area contributed by atoms with Gasteiger partial charge < -0.3 is 5.73 Å². The second kappa shape index (κ2) is 1.41. The van der Waals surface area contributed by atoms with Gasteiger partial charge in [-0.2, -0.15) is 0 Å². The van der Waals surface area contributed by atoms with E-state index in [1.165, 1.54) is 5.57 Å². The molecule has 0 heterocycles. The summed E-state index contributed by atoms with van der Waals surface area (Å²) in [4.78, 5) is 0. The first-order chi connectivity index (χ1) is 3.30. The van der Waals surface area contributed by atoms with E-state index in [9.17, 15) is 0 Å². The van der Waals surface area contributed by atoms with Crippen LogP contribution < -0.4 is 5.73 Å². The maximum Gasteiger partial charge on any atom is 0.0303 e. The van der Waals surface area contributed by atoms with E-state index in [1.54, 1.807) is 0 Å². The molecule has 2 N–H and O–H groups in total. The number of rotatable bonds is 0. The van der Waals surface area contributed by atoms with Crippen LogP contribution in [-0.4, -0.2) is 0 Å². The lowest BCUT2D eigenvalue weighted by atomic mass is 10.3. The van der Waals surface area contributed by atoms with E-state index in [2.05, 4.69) is 6.08 Å². The summed E-state index contributed by atoms with van der Waals surface area (Å²) in [6, 6.07) is 0. The van der Waals surface area contributed by atoms with Crippen molar-refractivity contribution in [1.82, 2.24) is 0 Å². The molecule has 0 atom stereocenters. The van der Waals surface area contributed by atoms with Crippen molar-refractivity contribution < 1.29 is 0 Å². The largest absolute Gasteiger partial charge is 0.399 e. The summed E-state index contributed by atoms with van der Waals surface area (Å²) in [7, 11) is 0. The van der Waals surface area contributed by atoms with Crippen molar-refractivity contribution in [2.24, 2.45) is 5.73 Å². The van der Waals surface area contributed by atoms with Gasteiger partial charge in [0.25, 0.3) is 0 Å². The predicted molar refractivity (Wildman–Crippen MR) is 30.6 cm³/mol. The lowest BCUT2D eigenvalue weighted by Crippen LogP contribution is -1.93. The highest BCUT2D eigenvalue weighted by atomic mass is 14.6. The van der Waals surface area contributed by atoms with Crippen LogP contribution in [0.5, 0.6) is 0 Å². The Balaban J connectivity index is 2.78. The van der Waals surface area contributed by atoms with Crippen LogP contribution in [0.2, 0.25) is 0 Å². The topological polar surface area (TPSA) is 26.0 Å². The first kappa shape index (κ1) is 4.44. The monoisotopic (exact) mass is 95.1 g/mol. The lowest BCUT2D eigenvalue weighted by molar-refractivity contribution is 1.32. The van der Waals surface area contributed by atoms with Crippen molar-refractivity contribution in [3.05, 3.63) is 23.4 Å². The molecule has 0 saturated carbocycles. The van der Waals surface area contributed by atoms with Crippen molar-refractivity contribution in [2.45, 2.75) is 13.3 Å². The molecule has 0 radical (unpaired) electrons. The molecule has 1 aliphatic rings. The molecular formula is C6H9N. The third-order valence-electron chi connectivity index (χ3n) is 1.22. The molecule has 38 valence electrons. The van der Waals surface area contributed by atoms with Gasteiger partial charge in [0.05, 0.1) is 0 Å². The highest BCUT2D eigenvalue weighted by Crippen LogP contribution is 2.11. The average molecular weight is 95.1 g/mol. The molecule has 1 aliphatic carbocycles. The molecule has 7 heavy (non-hydrogen) atoms. The molecule has 0 amide bonds. The smallest absolute Gasteiger partial charge is 0.0303 e. The molecule has 0 aromatic carbocycles. The quantitative estimate of drug-likeness (QED) is 0.480. The fourth-order valence-electron chi connectivity index (χ4n) is 0.642. The van der Waals surface area contributed by atoms with Gasteiger partial charge in [-0.1, -0.05) is 12.2 Å². The van der Waals surface area contributed by atoms with E-state index in [-0.39, 0.29) is 0 Å². The molecule has 0 aromatic heterocycles. The minimum Gasteiger partial charge on any atom is -0.399 e. The molecular weight excluding hydrogens is 86.1 g/mol. The Kier molecular flexibility index (Phi) is 0.895. The first-order valence-corrected chi connectivity index (χ1v) is 2.43. The minimum absolute atomic E-state index is 0.944. The fraction of sp³-hybridized carbons (Fsp3) is 0.333. The zero-order valence-electron chi connectivity index (χ0n) is 4.44. The van der Waals surface area contributed by atoms with Crippen LogP contribution in [0.1, 0.15) is 13.3 Å². The molecule has 0 saturated heterocycles. The predicted octanol–water partition coefficient (Wildman–Crippen LogP) is 1.18. The Morgan fingerprint density at radius 3 is 2.43 bits per heavy atom. The van der Waals surface area contributed by atoms with Gasteiger partial charge in [-0.3, -0.25) is 0 Å². The summed E-state index contributed by atoms with van der Waals surface area (Å²) in [5, 5.41) is 0. The van der Waals surface area contributed by atoms with Crippen LogP contribution in [0, 0.1) is 0 Å². The van der Waals surface area contributed by atoms with E-state index in [4.69, 9.17) is 5.73 Å². The van der Waals surface area contributed by atoms with Crippen LogP contribution >= 0.6 is 0 Å². The summed E-state index contributed by atoms with van der Waals surface area (Å²) in [6.07, 6.45) is 5.17. The molecule has 0 spiro atoms. The fourth-order valence-corrected chi connectivity index (χ4v) is 0.642. The summed E-state index contributed by atoms with van der Waals surface area (Å²) >= 11 is 0. The van der Waals surface area contributed by atoms with Crippen molar-refractivity contribution in [3.8, 4) is 0 Å². The van der Waals surface area contributed by atoms with Gasteiger partial charge in [0.1, 0.15) is 0 Å². The van der Waals surface area contributed by atoms with Gasteiger partial charge in [-0.15, -0.1) is 0 Å². The summed E-state index contributed by atoms with van der Waals surface area (Å²) < 4.78 is 0. The number of allylic oxidation sites excluding steroid dienone is 3. The summed E-state index contributed by atoms with van der Waals surface area (Å²) in [5.41, 5.74) is 7.64. The maximum atomic E-state index is 5.47. The van der Waals surface area contributed by atoms with Gasteiger partial charge in [0.15, 0.2) is 0 Å². The lowest BCUT2D eigenvalue weighted by Gasteiger charge is -1.88. The highest BCUT2D eigenvalue weighted by Gasteiger charge is 1.96. The zero-order valence-corrected chi connectivity index (χ0v) is 4.44. The Bertz CT molecular complexity index is 115. The van der Waals surface area contributed by atoms with Crippen LogP contribution in [0.15, 0.2) is 23.4 Å². The Labute approximate surface area is 43.5 Å². The maximum absolute atomic E-state index is 5.47. The third-order valence-corrected chi connectivity index (χ3v) is 1.22. The standard InChI is InChI=1S/C6H9N/c1-5-3-2-4-6(5)7/h3-4H,2,7H2,1H3. The number of hydrogen-bond donors (Lipinski definition) is 1.